The number of nitrogens with one attached hydrogen (secondary N) is 1. The highest BCUT2D eigenvalue weighted by Crippen LogP contribution is 2.19. The highest BCUT2D eigenvalue weighted by atomic mass is 19.1. The molecule has 1 rings (SSSR count). The molecule has 16 heavy (non-hydrogen) atoms. The average molecular weight is 224 g/mol. The Bertz CT molecular complexity index is 324. The van der Waals surface area contributed by atoms with E-state index in [1.165, 1.54) is 25.0 Å². The summed E-state index contributed by atoms with van der Waals surface area (Å²) in [5, 5.41) is 3.22. The molecular formula is C13H21FN2. The maximum absolute atomic E-state index is 12.8. The number of hydrogen-bond donors (Lipinski definition) is 2. The fourth-order valence-corrected chi connectivity index (χ4v) is 1.60. The lowest BCUT2D eigenvalue weighted by atomic mass is 10.1. The molecule has 0 atom stereocenters. The molecule has 0 aliphatic carbocycles. The van der Waals surface area contributed by atoms with E-state index in [0.29, 0.717) is 5.69 Å². The molecule has 0 fully saturated rings. The molecule has 0 aromatic heterocycles. The minimum Gasteiger partial charge on any atom is -0.397 e. The molecular weight excluding hydrogens is 203 g/mol. The number of nitrogens with two attached hydrogens (primary N) is 1. The number of unbranched alkanes of at least 4 members (excludes halogenated alkanes) is 1. The first-order valence-electron chi connectivity index (χ1n) is 5.88. The summed E-state index contributed by atoms with van der Waals surface area (Å²) >= 11 is 0. The van der Waals surface area contributed by atoms with E-state index in [4.69, 9.17) is 5.73 Å². The Labute approximate surface area is 97.0 Å². The second-order valence-electron chi connectivity index (χ2n) is 4.55. The molecule has 0 radical (unpaired) electrons. The summed E-state index contributed by atoms with van der Waals surface area (Å²) in [6.45, 7) is 5.35. The zero-order valence-electron chi connectivity index (χ0n) is 10.1. The van der Waals surface area contributed by atoms with Gasteiger partial charge in [-0.25, -0.2) is 4.39 Å². The van der Waals surface area contributed by atoms with Crippen LogP contribution in [-0.2, 0) is 0 Å². The van der Waals surface area contributed by atoms with E-state index in [1.807, 2.05) is 0 Å². The van der Waals surface area contributed by atoms with Gasteiger partial charge in [0.15, 0.2) is 0 Å². The quantitative estimate of drug-likeness (QED) is 0.572. The Balaban J connectivity index is 2.27. The highest BCUT2D eigenvalue weighted by molar-refractivity contribution is 5.65. The average Bonchev–Trinajstić information content (AvgIpc) is 2.20. The van der Waals surface area contributed by atoms with Crippen LogP contribution in [0, 0.1) is 11.7 Å². The van der Waals surface area contributed by atoms with Gasteiger partial charge in [-0.2, -0.15) is 0 Å². The first kappa shape index (κ1) is 12.8. The molecule has 0 saturated carbocycles. The van der Waals surface area contributed by atoms with Gasteiger partial charge < -0.3 is 11.1 Å². The van der Waals surface area contributed by atoms with Crippen LogP contribution in [0.5, 0.6) is 0 Å². The lowest BCUT2D eigenvalue weighted by molar-refractivity contribution is 0.545. The predicted octanol–water partition coefficient (Wildman–Crippen LogP) is 3.65. The molecule has 0 amide bonds. The maximum atomic E-state index is 12.8. The molecule has 0 aliphatic rings. The van der Waals surface area contributed by atoms with Crippen LogP contribution in [0.3, 0.4) is 0 Å². The van der Waals surface area contributed by atoms with E-state index in [2.05, 4.69) is 19.2 Å². The number of nitrogen functional groups attached to an aromatic ring is 1. The van der Waals surface area contributed by atoms with Crippen molar-refractivity contribution in [3.63, 3.8) is 0 Å². The molecule has 0 unspecified atom stereocenters. The smallest absolute Gasteiger partial charge is 0.125 e. The topological polar surface area (TPSA) is 38.0 Å². The van der Waals surface area contributed by atoms with E-state index >= 15 is 0 Å². The summed E-state index contributed by atoms with van der Waals surface area (Å²) in [6.07, 6.45) is 3.58. The highest BCUT2D eigenvalue weighted by Gasteiger charge is 2.00. The van der Waals surface area contributed by atoms with Gasteiger partial charge in [-0.1, -0.05) is 26.7 Å². The Morgan fingerprint density at radius 2 is 2.06 bits per heavy atom. The first-order valence-corrected chi connectivity index (χ1v) is 5.88. The SMILES string of the molecule is CC(C)CCCCNc1ccc(F)cc1N. The number of anilines is 2. The second kappa shape index (κ2) is 6.36. The van der Waals surface area contributed by atoms with Gasteiger partial charge in [-0.3, -0.25) is 0 Å². The maximum Gasteiger partial charge on any atom is 0.125 e. The Hall–Kier alpha value is -1.25. The van der Waals surface area contributed by atoms with E-state index in [1.54, 1.807) is 6.07 Å². The molecule has 0 saturated heterocycles. The van der Waals surface area contributed by atoms with Gasteiger partial charge in [-0.15, -0.1) is 0 Å². The van der Waals surface area contributed by atoms with E-state index < -0.39 is 0 Å². The molecule has 90 valence electrons. The van der Waals surface area contributed by atoms with Crippen LogP contribution in [0.4, 0.5) is 15.8 Å². The molecule has 2 nitrogen and oxygen atoms in total. The molecule has 1 aromatic rings. The second-order valence-corrected chi connectivity index (χ2v) is 4.55. The molecule has 1 aromatic carbocycles. The van der Waals surface area contributed by atoms with Gasteiger partial charge in [-0.05, 0) is 30.5 Å². The van der Waals surface area contributed by atoms with Crippen molar-refractivity contribution in [3.8, 4) is 0 Å². The standard InChI is InChI=1S/C13H21FN2/c1-10(2)5-3-4-8-16-13-7-6-11(14)9-12(13)15/h6-7,9-10,16H,3-5,8,15H2,1-2H3. The molecule has 0 bridgehead atoms. The largest absolute Gasteiger partial charge is 0.397 e. The van der Waals surface area contributed by atoms with Crippen LogP contribution in [0.2, 0.25) is 0 Å². The van der Waals surface area contributed by atoms with Crippen molar-refractivity contribution in [1.82, 2.24) is 0 Å². The third-order valence-electron chi connectivity index (χ3n) is 2.54. The minimum atomic E-state index is -0.289. The van der Waals surface area contributed by atoms with Crippen molar-refractivity contribution >= 4 is 11.4 Å². The molecule has 0 spiro atoms. The lowest BCUT2D eigenvalue weighted by Crippen LogP contribution is -2.04. The zero-order chi connectivity index (χ0) is 12.0. The van der Waals surface area contributed by atoms with Gasteiger partial charge in [0.25, 0.3) is 0 Å². The summed E-state index contributed by atoms with van der Waals surface area (Å²) in [7, 11) is 0. The number of benzene rings is 1. The molecule has 3 N–H and O–H groups in total. The summed E-state index contributed by atoms with van der Waals surface area (Å²) < 4.78 is 12.8. The van der Waals surface area contributed by atoms with Crippen LogP contribution >= 0.6 is 0 Å². The molecule has 0 aliphatic heterocycles. The van der Waals surface area contributed by atoms with Gasteiger partial charge in [0.05, 0.1) is 11.4 Å². The van der Waals surface area contributed by atoms with Crippen molar-refractivity contribution in [2.24, 2.45) is 5.92 Å². The van der Waals surface area contributed by atoms with E-state index in [-0.39, 0.29) is 5.82 Å². The molecule has 3 heteroatoms. The summed E-state index contributed by atoms with van der Waals surface area (Å²) in [4.78, 5) is 0. The Kier molecular flexibility index (Phi) is 5.09. The van der Waals surface area contributed by atoms with Crippen LogP contribution in [-0.4, -0.2) is 6.54 Å². The van der Waals surface area contributed by atoms with Gasteiger partial charge in [0.2, 0.25) is 0 Å². The summed E-state index contributed by atoms with van der Waals surface area (Å²) in [5.74, 6) is 0.471. The fourth-order valence-electron chi connectivity index (χ4n) is 1.60. The van der Waals surface area contributed by atoms with Crippen molar-refractivity contribution in [2.75, 3.05) is 17.6 Å². The number of halogens is 1. The minimum absolute atomic E-state index is 0.289. The summed E-state index contributed by atoms with van der Waals surface area (Å²) in [6, 6.07) is 4.45. The van der Waals surface area contributed by atoms with Crippen LogP contribution in [0.1, 0.15) is 33.1 Å². The number of hydrogen-bond acceptors (Lipinski definition) is 2. The van der Waals surface area contributed by atoms with Crippen molar-refractivity contribution in [1.29, 1.82) is 0 Å². The van der Waals surface area contributed by atoms with Crippen molar-refractivity contribution in [2.45, 2.75) is 33.1 Å². The van der Waals surface area contributed by atoms with Crippen molar-refractivity contribution < 1.29 is 4.39 Å². The third kappa shape index (κ3) is 4.51. The fraction of sp³-hybridized carbons (Fsp3) is 0.538. The zero-order valence-corrected chi connectivity index (χ0v) is 10.1. The van der Waals surface area contributed by atoms with Crippen LogP contribution < -0.4 is 11.1 Å². The summed E-state index contributed by atoms with van der Waals surface area (Å²) in [5.41, 5.74) is 6.98. The first-order chi connectivity index (χ1) is 7.59. The Morgan fingerprint density at radius 1 is 1.31 bits per heavy atom. The van der Waals surface area contributed by atoms with Gasteiger partial charge >= 0.3 is 0 Å². The van der Waals surface area contributed by atoms with E-state index in [9.17, 15) is 4.39 Å². The van der Waals surface area contributed by atoms with Crippen LogP contribution in [0.15, 0.2) is 18.2 Å². The van der Waals surface area contributed by atoms with Gasteiger partial charge in [0.1, 0.15) is 5.82 Å². The monoisotopic (exact) mass is 224 g/mol. The lowest BCUT2D eigenvalue weighted by Gasteiger charge is -2.09. The van der Waals surface area contributed by atoms with Gasteiger partial charge in [0, 0.05) is 6.54 Å². The predicted molar refractivity (Wildman–Crippen MR) is 68.0 cm³/mol. The number of rotatable bonds is 6. The Morgan fingerprint density at radius 3 is 2.69 bits per heavy atom. The molecule has 0 heterocycles. The normalized spacial score (nSPS) is 10.8. The van der Waals surface area contributed by atoms with E-state index in [0.717, 1.165) is 24.6 Å². The van der Waals surface area contributed by atoms with Crippen molar-refractivity contribution in [3.05, 3.63) is 24.0 Å². The van der Waals surface area contributed by atoms with Crippen LogP contribution in [0.25, 0.3) is 0 Å². The third-order valence-corrected chi connectivity index (χ3v) is 2.54.